The minimum absolute atomic E-state index is 0.410. The number of oxazole rings is 1. The molecule has 2 aromatic heterocycles. The largest absolute Gasteiger partial charge is 0.452 e. The number of aromatic nitrogens is 2. The van der Waals surface area contributed by atoms with Gasteiger partial charge in [0.15, 0.2) is 6.39 Å². The Bertz CT molecular complexity index is 313. The van der Waals surface area contributed by atoms with Crippen LogP contribution < -0.4 is 5.73 Å². The molecule has 13 heavy (non-hydrogen) atoms. The summed E-state index contributed by atoms with van der Waals surface area (Å²) in [6.07, 6.45) is 6.02. The fourth-order valence-corrected chi connectivity index (χ4v) is 0.966. The molecule has 0 aliphatic rings. The van der Waals surface area contributed by atoms with Crippen molar-refractivity contribution in [1.82, 2.24) is 9.36 Å². The van der Waals surface area contributed by atoms with E-state index in [1.807, 2.05) is 0 Å². The number of amides is 1. The molecule has 0 saturated heterocycles. The van der Waals surface area contributed by atoms with Gasteiger partial charge in [0.05, 0.1) is 6.20 Å². The van der Waals surface area contributed by atoms with Crippen LogP contribution >= 0.6 is 11.5 Å². The maximum Gasteiger partial charge on any atom is 0.260 e. The second kappa shape index (κ2) is 5.04. The van der Waals surface area contributed by atoms with Crippen LogP contribution in [0.5, 0.6) is 0 Å². The topological polar surface area (TPSA) is 82.0 Å². The smallest absolute Gasteiger partial charge is 0.260 e. The van der Waals surface area contributed by atoms with Crippen molar-refractivity contribution in [2.24, 2.45) is 5.73 Å². The average Bonchev–Trinajstić information content (AvgIpc) is 2.82. The number of rotatable bonds is 1. The highest BCUT2D eigenvalue weighted by Crippen LogP contribution is 2.00. The predicted molar refractivity (Wildman–Crippen MR) is 47.1 cm³/mol. The van der Waals surface area contributed by atoms with Gasteiger partial charge in [-0.25, -0.2) is 9.36 Å². The molecule has 2 aromatic rings. The van der Waals surface area contributed by atoms with E-state index >= 15 is 0 Å². The number of carbonyl (C=O) groups excluding carboxylic acids is 1. The first-order valence-corrected chi connectivity index (χ1v) is 4.10. The fourth-order valence-electron chi connectivity index (χ4n) is 0.519. The molecule has 0 spiro atoms. The highest BCUT2D eigenvalue weighted by molar-refractivity contribution is 7.08. The molecule has 2 heterocycles. The zero-order valence-corrected chi connectivity index (χ0v) is 7.40. The zero-order valence-electron chi connectivity index (χ0n) is 6.58. The molecular weight excluding hydrogens is 190 g/mol. The third-order valence-corrected chi connectivity index (χ3v) is 1.79. The van der Waals surface area contributed by atoms with E-state index in [0.29, 0.717) is 4.88 Å². The summed E-state index contributed by atoms with van der Waals surface area (Å²) in [7, 11) is 0. The van der Waals surface area contributed by atoms with Crippen molar-refractivity contribution in [1.29, 1.82) is 0 Å². The quantitative estimate of drug-likeness (QED) is 0.736. The van der Waals surface area contributed by atoms with Crippen molar-refractivity contribution in [3.8, 4) is 0 Å². The molecule has 0 saturated carbocycles. The summed E-state index contributed by atoms with van der Waals surface area (Å²) in [6.45, 7) is 0. The molecule has 0 aliphatic carbocycles. The van der Waals surface area contributed by atoms with Gasteiger partial charge >= 0.3 is 0 Å². The molecule has 0 atom stereocenters. The lowest BCUT2D eigenvalue weighted by atomic mass is 10.5. The lowest BCUT2D eigenvalue weighted by molar-refractivity contribution is 0.100. The average molecular weight is 197 g/mol. The van der Waals surface area contributed by atoms with Crippen LogP contribution in [-0.2, 0) is 0 Å². The molecule has 6 heteroatoms. The summed E-state index contributed by atoms with van der Waals surface area (Å²) in [4.78, 5) is 14.3. The fraction of sp³-hybridized carbons (Fsp3) is 0. The Kier molecular flexibility index (Phi) is 3.65. The van der Waals surface area contributed by atoms with Gasteiger partial charge in [-0.2, -0.15) is 0 Å². The molecule has 0 aromatic carbocycles. The maximum atomic E-state index is 10.3. The van der Waals surface area contributed by atoms with Gasteiger partial charge in [-0.15, -0.1) is 0 Å². The van der Waals surface area contributed by atoms with E-state index in [4.69, 9.17) is 5.73 Å². The number of carbonyl (C=O) groups is 1. The minimum Gasteiger partial charge on any atom is -0.452 e. The van der Waals surface area contributed by atoms with Gasteiger partial charge < -0.3 is 10.2 Å². The van der Waals surface area contributed by atoms with Gasteiger partial charge in [-0.1, -0.05) is 0 Å². The molecule has 0 fully saturated rings. The normalized spacial score (nSPS) is 8.62. The zero-order chi connectivity index (χ0) is 9.52. The van der Waals surface area contributed by atoms with Crippen molar-refractivity contribution in [2.75, 3.05) is 0 Å². The summed E-state index contributed by atoms with van der Waals surface area (Å²) < 4.78 is 8.16. The van der Waals surface area contributed by atoms with Crippen LogP contribution in [0.25, 0.3) is 0 Å². The number of hydrogen-bond donors (Lipinski definition) is 1. The molecule has 1 amide bonds. The SMILES string of the molecule is NC(=O)c1ccns1.c1cocn1. The van der Waals surface area contributed by atoms with Crippen LogP contribution in [-0.4, -0.2) is 15.3 Å². The molecule has 2 rings (SSSR count). The first kappa shape index (κ1) is 9.40. The van der Waals surface area contributed by atoms with Gasteiger partial charge in [0.25, 0.3) is 5.91 Å². The molecule has 0 aliphatic heterocycles. The highest BCUT2D eigenvalue weighted by Gasteiger charge is 1.98. The van der Waals surface area contributed by atoms with E-state index < -0.39 is 5.91 Å². The Hall–Kier alpha value is -1.69. The van der Waals surface area contributed by atoms with Crippen LogP contribution in [0.15, 0.2) is 35.5 Å². The highest BCUT2D eigenvalue weighted by atomic mass is 32.1. The minimum atomic E-state index is -0.410. The third-order valence-electron chi connectivity index (χ3n) is 1.03. The molecule has 0 radical (unpaired) electrons. The molecular formula is C7H7N3O2S. The van der Waals surface area contributed by atoms with Crippen LogP contribution in [0.4, 0.5) is 0 Å². The Balaban J connectivity index is 0.000000145. The van der Waals surface area contributed by atoms with Crippen LogP contribution in [0.2, 0.25) is 0 Å². The number of nitrogens with two attached hydrogens (primary N) is 1. The van der Waals surface area contributed by atoms with E-state index in [1.54, 1.807) is 18.5 Å². The molecule has 68 valence electrons. The second-order valence-electron chi connectivity index (χ2n) is 1.92. The van der Waals surface area contributed by atoms with Gasteiger partial charge in [0.2, 0.25) is 0 Å². The Morgan fingerprint density at radius 2 is 2.38 bits per heavy atom. The third kappa shape index (κ3) is 3.48. The summed E-state index contributed by atoms with van der Waals surface area (Å²) in [5.41, 5.74) is 4.89. The predicted octanol–water partition coefficient (Wildman–Crippen LogP) is 0.917. The van der Waals surface area contributed by atoms with Crippen LogP contribution in [0.3, 0.4) is 0 Å². The van der Waals surface area contributed by atoms with Crippen molar-refractivity contribution >= 4 is 17.4 Å². The Morgan fingerprint density at radius 3 is 2.62 bits per heavy atom. The summed E-state index contributed by atoms with van der Waals surface area (Å²) >= 11 is 1.11. The lowest BCUT2D eigenvalue weighted by Crippen LogP contribution is -2.07. The van der Waals surface area contributed by atoms with Crippen molar-refractivity contribution < 1.29 is 9.21 Å². The second-order valence-corrected chi connectivity index (χ2v) is 2.75. The van der Waals surface area contributed by atoms with Crippen molar-refractivity contribution in [3.63, 3.8) is 0 Å². The monoisotopic (exact) mass is 197 g/mol. The molecule has 0 unspecified atom stereocenters. The number of primary amides is 1. The Morgan fingerprint density at radius 1 is 1.54 bits per heavy atom. The van der Waals surface area contributed by atoms with E-state index in [2.05, 4.69) is 13.8 Å². The summed E-state index contributed by atoms with van der Waals surface area (Å²) in [5.74, 6) is -0.410. The molecule has 2 N–H and O–H groups in total. The molecule has 0 bridgehead atoms. The number of nitrogens with zero attached hydrogens (tertiary/aromatic N) is 2. The summed E-state index contributed by atoms with van der Waals surface area (Å²) in [5, 5.41) is 0. The van der Waals surface area contributed by atoms with Gasteiger partial charge in [-0.3, -0.25) is 4.79 Å². The van der Waals surface area contributed by atoms with Crippen molar-refractivity contribution in [3.05, 3.63) is 36.0 Å². The standard InChI is InChI=1S/C4H4N2OS.C3H3NO/c5-4(7)3-1-2-6-8-3;1-2-5-3-4-1/h1-2H,(H2,5,7);1-3H. The van der Waals surface area contributed by atoms with E-state index in [-0.39, 0.29) is 0 Å². The van der Waals surface area contributed by atoms with Crippen LogP contribution in [0, 0.1) is 0 Å². The Labute approximate surface area is 78.4 Å². The van der Waals surface area contributed by atoms with Crippen molar-refractivity contribution in [2.45, 2.75) is 0 Å². The van der Waals surface area contributed by atoms with E-state index in [0.717, 1.165) is 11.5 Å². The van der Waals surface area contributed by atoms with Gasteiger partial charge in [-0.05, 0) is 17.6 Å². The van der Waals surface area contributed by atoms with E-state index in [1.165, 1.54) is 12.7 Å². The lowest BCUT2D eigenvalue weighted by Gasteiger charge is -1.78. The van der Waals surface area contributed by atoms with Crippen LogP contribution in [0.1, 0.15) is 9.67 Å². The molecule has 5 nitrogen and oxygen atoms in total. The van der Waals surface area contributed by atoms with E-state index in [9.17, 15) is 4.79 Å². The first-order chi connectivity index (χ1) is 6.30. The number of hydrogen-bond acceptors (Lipinski definition) is 5. The maximum absolute atomic E-state index is 10.3. The summed E-state index contributed by atoms with van der Waals surface area (Å²) in [6, 6.07) is 1.59. The first-order valence-electron chi connectivity index (χ1n) is 3.33. The van der Waals surface area contributed by atoms with Gasteiger partial charge in [0, 0.05) is 6.20 Å². The van der Waals surface area contributed by atoms with Gasteiger partial charge in [0.1, 0.15) is 11.1 Å².